The lowest BCUT2D eigenvalue weighted by molar-refractivity contribution is 0.742. The molecule has 0 radical (unpaired) electrons. The summed E-state index contributed by atoms with van der Waals surface area (Å²) < 4.78 is 0. The first-order valence-electron chi connectivity index (χ1n) is 4.17. The van der Waals surface area contributed by atoms with Crippen LogP contribution in [0.4, 0.5) is 5.69 Å². The van der Waals surface area contributed by atoms with E-state index in [2.05, 4.69) is 6.58 Å². The molecule has 2 nitrogen and oxygen atoms in total. The molecule has 0 amide bonds. The maximum Gasteiger partial charge on any atom is 0.0693 e. The average molecular weight is 231 g/mol. The lowest BCUT2D eigenvalue weighted by Gasteiger charge is -2.11. The quantitative estimate of drug-likeness (QED) is 0.620. The predicted octanol–water partition coefficient (Wildman–Crippen LogP) is 3.15. The van der Waals surface area contributed by atoms with Crippen LogP contribution < -0.4 is 11.5 Å². The molecule has 0 spiro atoms. The van der Waals surface area contributed by atoms with Crippen molar-refractivity contribution in [2.24, 2.45) is 5.73 Å². The first-order valence-corrected chi connectivity index (χ1v) is 4.92. The molecule has 76 valence electrons. The molecule has 14 heavy (non-hydrogen) atoms. The number of hydrogen-bond donors (Lipinski definition) is 2. The molecule has 4 N–H and O–H groups in total. The molecule has 0 aliphatic heterocycles. The molecule has 1 aromatic rings. The Bertz CT molecular complexity index is 327. The highest BCUT2D eigenvalue weighted by atomic mass is 35.5. The number of anilines is 1. The van der Waals surface area contributed by atoms with E-state index in [-0.39, 0.29) is 6.04 Å². The van der Waals surface area contributed by atoms with Gasteiger partial charge in [0, 0.05) is 6.04 Å². The highest BCUT2D eigenvalue weighted by molar-refractivity contribution is 6.38. The van der Waals surface area contributed by atoms with Crippen molar-refractivity contribution in [3.63, 3.8) is 0 Å². The third kappa shape index (κ3) is 2.41. The molecule has 0 bridgehead atoms. The molecule has 4 heteroatoms. The van der Waals surface area contributed by atoms with E-state index in [0.717, 1.165) is 5.56 Å². The summed E-state index contributed by atoms with van der Waals surface area (Å²) in [6.45, 7) is 3.62. The highest BCUT2D eigenvalue weighted by Crippen LogP contribution is 2.31. The Morgan fingerprint density at radius 3 is 2.29 bits per heavy atom. The van der Waals surface area contributed by atoms with Gasteiger partial charge in [-0.15, -0.1) is 6.58 Å². The highest BCUT2D eigenvalue weighted by Gasteiger charge is 2.09. The van der Waals surface area contributed by atoms with E-state index < -0.39 is 0 Å². The van der Waals surface area contributed by atoms with E-state index >= 15 is 0 Å². The molecular formula is C10H12Cl2N2. The fourth-order valence-corrected chi connectivity index (χ4v) is 1.64. The van der Waals surface area contributed by atoms with Gasteiger partial charge in [-0.1, -0.05) is 29.3 Å². The van der Waals surface area contributed by atoms with Gasteiger partial charge in [0.2, 0.25) is 0 Å². The van der Waals surface area contributed by atoms with Crippen molar-refractivity contribution in [3.05, 3.63) is 40.4 Å². The molecule has 0 saturated heterocycles. The molecule has 0 fully saturated rings. The van der Waals surface area contributed by atoms with Crippen molar-refractivity contribution in [1.29, 1.82) is 0 Å². The van der Waals surface area contributed by atoms with E-state index in [9.17, 15) is 0 Å². The van der Waals surface area contributed by atoms with Gasteiger partial charge in [0.05, 0.1) is 15.7 Å². The van der Waals surface area contributed by atoms with Gasteiger partial charge in [0.1, 0.15) is 0 Å². The second kappa shape index (κ2) is 4.69. The van der Waals surface area contributed by atoms with Crippen LogP contribution in [0.3, 0.4) is 0 Å². The summed E-state index contributed by atoms with van der Waals surface area (Å²) in [6.07, 6.45) is 2.43. The Hall–Kier alpha value is -0.700. The van der Waals surface area contributed by atoms with Gasteiger partial charge in [0.25, 0.3) is 0 Å². The number of halogens is 2. The zero-order valence-corrected chi connectivity index (χ0v) is 9.15. The second-order valence-electron chi connectivity index (χ2n) is 3.03. The molecule has 0 heterocycles. The van der Waals surface area contributed by atoms with Crippen LogP contribution in [0.1, 0.15) is 18.0 Å². The fraction of sp³-hybridized carbons (Fsp3) is 0.200. The van der Waals surface area contributed by atoms with Crippen molar-refractivity contribution in [2.45, 2.75) is 12.5 Å². The van der Waals surface area contributed by atoms with Crippen molar-refractivity contribution < 1.29 is 0 Å². The smallest absolute Gasteiger partial charge is 0.0693 e. The normalized spacial score (nSPS) is 12.5. The van der Waals surface area contributed by atoms with E-state index in [4.69, 9.17) is 34.7 Å². The van der Waals surface area contributed by atoms with Crippen LogP contribution in [0.15, 0.2) is 24.8 Å². The number of nitrogens with two attached hydrogens (primary N) is 2. The zero-order chi connectivity index (χ0) is 10.7. The molecule has 0 aliphatic rings. The van der Waals surface area contributed by atoms with Crippen molar-refractivity contribution >= 4 is 28.9 Å². The molecule has 1 atom stereocenters. The fourth-order valence-electron chi connectivity index (χ4n) is 1.13. The van der Waals surface area contributed by atoms with Crippen LogP contribution >= 0.6 is 23.2 Å². The maximum atomic E-state index is 5.87. The molecule has 1 unspecified atom stereocenters. The minimum absolute atomic E-state index is 0.136. The molecule has 1 rings (SSSR count). The van der Waals surface area contributed by atoms with Gasteiger partial charge in [-0.2, -0.15) is 0 Å². The second-order valence-corrected chi connectivity index (χ2v) is 3.84. The van der Waals surface area contributed by atoms with Crippen molar-refractivity contribution in [3.8, 4) is 0 Å². The monoisotopic (exact) mass is 230 g/mol. The predicted molar refractivity (Wildman–Crippen MR) is 62.6 cm³/mol. The van der Waals surface area contributed by atoms with Gasteiger partial charge in [-0.05, 0) is 24.1 Å². The number of nitrogen functional groups attached to an aromatic ring is 1. The van der Waals surface area contributed by atoms with Crippen LogP contribution in [0, 0.1) is 0 Å². The zero-order valence-electron chi connectivity index (χ0n) is 7.63. The summed E-state index contributed by atoms with van der Waals surface area (Å²) in [7, 11) is 0. The van der Waals surface area contributed by atoms with Gasteiger partial charge in [-0.3, -0.25) is 0 Å². The summed E-state index contributed by atoms with van der Waals surface area (Å²) in [5.74, 6) is 0. The topological polar surface area (TPSA) is 52.0 Å². The standard InChI is InChI=1S/C10H12Cl2N2/c1-2-3-9(13)6-4-7(11)10(14)8(12)5-6/h2,4-5,9H,1,3,13-14H2. The summed E-state index contributed by atoms with van der Waals surface area (Å²) in [5, 5.41) is 0.874. The van der Waals surface area contributed by atoms with Crippen LogP contribution in [-0.4, -0.2) is 0 Å². The maximum absolute atomic E-state index is 5.87. The molecular weight excluding hydrogens is 219 g/mol. The Morgan fingerprint density at radius 2 is 1.86 bits per heavy atom. The third-order valence-electron chi connectivity index (χ3n) is 1.95. The molecule has 0 aromatic heterocycles. The van der Waals surface area contributed by atoms with Crippen molar-refractivity contribution in [2.75, 3.05) is 5.73 Å². The number of hydrogen-bond acceptors (Lipinski definition) is 2. The SMILES string of the molecule is C=CCC(N)c1cc(Cl)c(N)c(Cl)c1. The minimum Gasteiger partial charge on any atom is -0.396 e. The van der Waals surface area contributed by atoms with Gasteiger partial charge >= 0.3 is 0 Å². The largest absolute Gasteiger partial charge is 0.396 e. The Labute approximate surface area is 93.5 Å². The van der Waals surface area contributed by atoms with Crippen LogP contribution in [0.25, 0.3) is 0 Å². The summed E-state index contributed by atoms with van der Waals surface area (Å²) >= 11 is 11.7. The Morgan fingerprint density at radius 1 is 1.36 bits per heavy atom. The van der Waals surface area contributed by atoms with Crippen LogP contribution in [0.5, 0.6) is 0 Å². The summed E-state index contributed by atoms with van der Waals surface area (Å²) in [5.41, 5.74) is 12.7. The van der Waals surface area contributed by atoms with E-state index in [1.54, 1.807) is 18.2 Å². The summed E-state index contributed by atoms with van der Waals surface area (Å²) in [6, 6.07) is 3.33. The van der Waals surface area contributed by atoms with E-state index in [0.29, 0.717) is 22.2 Å². The lowest BCUT2D eigenvalue weighted by atomic mass is 10.0. The Kier molecular flexibility index (Phi) is 3.81. The lowest BCUT2D eigenvalue weighted by Crippen LogP contribution is -2.09. The van der Waals surface area contributed by atoms with Gasteiger partial charge in [-0.25, -0.2) is 0 Å². The van der Waals surface area contributed by atoms with Gasteiger partial charge in [0.15, 0.2) is 0 Å². The molecule has 1 aromatic carbocycles. The molecule has 0 aliphatic carbocycles. The van der Waals surface area contributed by atoms with Crippen molar-refractivity contribution in [1.82, 2.24) is 0 Å². The third-order valence-corrected chi connectivity index (χ3v) is 2.58. The first kappa shape index (κ1) is 11.4. The number of benzene rings is 1. The summed E-state index contributed by atoms with van der Waals surface area (Å²) in [4.78, 5) is 0. The van der Waals surface area contributed by atoms with Crippen LogP contribution in [-0.2, 0) is 0 Å². The molecule has 0 saturated carbocycles. The van der Waals surface area contributed by atoms with E-state index in [1.807, 2.05) is 0 Å². The van der Waals surface area contributed by atoms with E-state index in [1.165, 1.54) is 0 Å². The average Bonchev–Trinajstić information content (AvgIpc) is 2.13. The first-order chi connectivity index (χ1) is 6.56. The van der Waals surface area contributed by atoms with Gasteiger partial charge < -0.3 is 11.5 Å². The number of rotatable bonds is 3. The van der Waals surface area contributed by atoms with Crippen LogP contribution in [0.2, 0.25) is 10.0 Å². The Balaban J connectivity index is 3.05. The minimum atomic E-state index is -0.136.